The van der Waals surface area contributed by atoms with Crippen LogP contribution < -0.4 is 14.8 Å². The third-order valence-corrected chi connectivity index (χ3v) is 3.49. The zero-order valence-electron chi connectivity index (χ0n) is 11.3. The maximum atomic E-state index is 9.16. The summed E-state index contributed by atoms with van der Waals surface area (Å²) in [5, 5.41) is 12.8. The Kier molecular flexibility index (Phi) is 4.13. The van der Waals surface area contributed by atoms with Crippen molar-refractivity contribution in [2.24, 2.45) is 0 Å². The Morgan fingerprint density at radius 1 is 1.14 bits per heavy atom. The highest BCUT2D eigenvalue weighted by atomic mass is 35.5. The number of aromatic nitrogens is 1. The molecule has 0 fully saturated rings. The van der Waals surface area contributed by atoms with Crippen LogP contribution in [-0.4, -0.2) is 23.3 Å². The third-order valence-electron chi connectivity index (χ3n) is 3.15. The maximum absolute atomic E-state index is 9.16. The molecule has 2 heterocycles. The van der Waals surface area contributed by atoms with Crippen LogP contribution in [0.15, 0.2) is 30.3 Å². The first kappa shape index (κ1) is 14.0. The van der Waals surface area contributed by atoms with Gasteiger partial charge in [0.1, 0.15) is 19.0 Å². The monoisotopic (exact) mass is 306 g/mol. The minimum absolute atomic E-state index is 0.182. The second-order valence-corrected chi connectivity index (χ2v) is 5.02. The van der Waals surface area contributed by atoms with Gasteiger partial charge in [0.2, 0.25) is 0 Å². The molecule has 0 unspecified atom stereocenters. The lowest BCUT2D eigenvalue weighted by Gasteiger charge is -2.19. The topological polar surface area (TPSA) is 63.6 Å². The van der Waals surface area contributed by atoms with Gasteiger partial charge in [-0.25, -0.2) is 4.98 Å². The van der Waals surface area contributed by atoms with Crippen LogP contribution in [0.4, 0.5) is 5.82 Å². The average molecular weight is 307 g/mol. The molecule has 0 saturated carbocycles. The standard InChI is InChI=1S/C15H15ClN2O3/c16-11-2-4-15(18-12(11)9-19)17-8-10-1-3-13-14(7-10)21-6-5-20-13/h1-4,7,19H,5-6,8-9H2,(H,17,18). The van der Waals surface area contributed by atoms with Gasteiger partial charge in [0, 0.05) is 6.54 Å². The van der Waals surface area contributed by atoms with Crippen LogP contribution in [0.5, 0.6) is 11.5 Å². The summed E-state index contributed by atoms with van der Waals surface area (Å²) in [5.41, 5.74) is 1.52. The van der Waals surface area contributed by atoms with Crippen molar-refractivity contribution in [2.45, 2.75) is 13.2 Å². The summed E-state index contributed by atoms with van der Waals surface area (Å²) in [7, 11) is 0. The number of aliphatic hydroxyl groups excluding tert-OH is 1. The van der Waals surface area contributed by atoms with Gasteiger partial charge in [-0.2, -0.15) is 0 Å². The van der Waals surface area contributed by atoms with E-state index >= 15 is 0 Å². The van der Waals surface area contributed by atoms with Crippen LogP contribution in [0.3, 0.4) is 0 Å². The number of ether oxygens (including phenoxy) is 2. The molecule has 2 aromatic rings. The molecule has 6 heteroatoms. The lowest BCUT2D eigenvalue weighted by molar-refractivity contribution is 0.171. The molecule has 1 aliphatic rings. The summed E-state index contributed by atoms with van der Waals surface area (Å²) < 4.78 is 11.0. The molecule has 0 amide bonds. The summed E-state index contributed by atoms with van der Waals surface area (Å²) in [6.45, 7) is 1.57. The molecule has 0 atom stereocenters. The lowest BCUT2D eigenvalue weighted by Crippen LogP contribution is -2.15. The van der Waals surface area contributed by atoms with Crippen molar-refractivity contribution in [3.05, 3.63) is 46.6 Å². The highest BCUT2D eigenvalue weighted by Crippen LogP contribution is 2.30. The molecule has 0 spiro atoms. The summed E-state index contributed by atoms with van der Waals surface area (Å²) in [6, 6.07) is 9.32. The number of nitrogens with one attached hydrogen (secondary N) is 1. The maximum Gasteiger partial charge on any atom is 0.161 e. The van der Waals surface area contributed by atoms with Crippen molar-refractivity contribution in [1.29, 1.82) is 0 Å². The van der Waals surface area contributed by atoms with Crippen molar-refractivity contribution < 1.29 is 14.6 Å². The van der Waals surface area contributed by atoms with E-state index in [1.54, 1.807) is 12.1 Å². The van der Waals surface area contributed by atoms with Gasteiger partial charge in [-0.3, -0.25) is 0 Å². The van der Waals surface area contributed by atoms with Gasteiger partial charge in [-0.1, -0.05) is 17.7 Å². The van der Waals surface area contributed by atoms with Gasteiger partial charge >= 0.3 is 0 Å². The van der Waals surface area contributed by atoms with Crippen molar-refractivity contribution in [1.82, 2.24) is 4.98 Å². The first-order chi connectivity index (χ1) is 10.3. The molecule has 1 aliphatic heterocycles. The van der Waals surface area contributed by atoms with Gasteiger partial charge in [0.05, 0.1) is 17.3 Å². The van der Waals surface area contributed by atoms with Crippen LogP contribution in [0.1, 0.15) is 11.3 Å². The van der Waals surface area contributed by atoms with Gasteiger partial charge in [0.15, 0.2) is 11.5 Å². The lowest BCUT2D eigenvalue weighted by atomic mass is 10.2. The SMILES string of the molecule is OCc1nc(NCc2ccc3c(c2)OCCO3)ccc1Cl. The second-order valence-electron chi connectivity index (χ2n) is 4.61. The summed E-state index contributed by atoms with van der Waals surface area (Å²) >= 11 is 5.91. The molecule has 21 heavy (non-hydrogen) atoms. The molecule has 0 saturated heterocycles. The van der Waals surface area contributed by atoms with Gasteiger partial charge in [0.25, 0.3) is 0 Å². The molecule has 1 aromatic heterocycles. The number of pyridine rings is 1. The molecule has 0 radical (unpaired) electrons. The fraction of sp³-hybridized carbons (Fsp3) is 0.267. The first-order valence-corrected chi connectivity index (χ1v) is 7.03. The molecule has 110 valence electrons. The number of halogens is 1. The van der Waals surface area contributed by atoms with E-state index in [-0.39, 0.29) is 6.61 Å². The third kappa shape index (κ3) is 3.20. The van der Waals surface area contributed by atoms with E-state index in [9.17, 15) is 0 Å². The molecular weight excluding hydrogens is 292 g/mol. The molecular formula is C15H15ClN2O3. The number of nitrogens with zero attached hydrogens (tertiary/aromatic N) is 1. The van der Waals surface area contributed by atoms with Gasteiger partial charge in [-0.15, -0.1) is 0 Å². The number of hydrogen-bond donors (Lipinski definition) is 2. The van der Waals surface area contributed by atoms with E-state index in [0.717, 1.165) is 17.1 Å². The van der Waals surface area contributed by atoms with Crippen LogP contribution in [0, 0.1) is 0 Å². The number of anilines is 1. The fourth-order valence-electron chi connectivity index (χ4n) is 2.08. The van der Waals surface area contributed by atoms with Crippen molar-refractivity contribution in [3.63, 3.8) is 0 Å². The smallest absolute Gasteiger partial charge is 0.161 e. The summed E-state index contributed by atoms with van der Waals surface area (Å²) in [5.74, 6) is 2.20. The van der Waals surface area contributed by atoms with E-state index in [1.165, 1.54) is 0 Å². The minimum atomic E-state index is -0.182. The fourth-order valence-corrected chi connectivity index (χ4v) is 2.25. The minimum Gasteiger partial charge on any atom is -0.486 e. The Morgan fingerprint density at radius 3 is 2.76 bits per heavy atom. The Morgan fingerprint density at radius 2 is 1.95 bits per heavy atom. The Hall–Kier alpha value is -1.98. The predicted molar refractivity (Wildman–Crippen MR) is 79.9 cm³/mol. The number of hydrogen-bond acceptors (Lipinski definition) is 5. The van der Waals surface area contributed by atoms with Crippen LogP contribution in [0.2, 0.25) is 5.02 Å². The number of benzene rings is 1. The molecule has 0 aliphatic carbocycles. The van der Waals surface area contributed by atoms with Gasteiger partial charge in [-0.05, 0) is 29.8 Å². The molecule has 0 bridgehead atoms. The Balaban J connectivity index is 1.70. The van der Waals surface area contributed by atoms with Crippen LogP contribution in [-0.2, 0) is 13.2 Å². The zero-order valence-corrected chi connectivity index (χ0v) is 12.1. The Bertz CT molecular complexity index is 649. The molecule has 2 N–H and O–H groups in total. The second kappa shape index (κ2) is 6.20. The van der Waals surface area contributed by atoms with E-state index in [4.69, 9.17) is 26.2 Å². The predicted octanol–water partition coefficient (Wildman–Crippen LogP) is 2.61. The largest absolute Gasteiger partial charge is 0.486 e. The van der Waals surface area contributed by atoms with Crippen molar-refractivity contribution >= 4 is 17.4 Å². The summed E-state index contributed by atoms with van der Waals surface area (Å²) in [6.07, 6.45) is 0. The zero-order chi connectivity index (χ0) is 14.7. The van der Waals surface area contributed by atoms with Gasteiger partial charge < -0.3 is 19.9 Å². The highest BCUT2D eigenvalue weighted by molar-refractivity contribution is 6.31. The average Bonchev–Trinajstić information content (AvgIpc) is 2.54. The van der Waals surface area contributed by atoms with Crippen LogP contribution in [0.25, 0.3) is 0 Å². The molecule has 3 rings (SSSR count). The van der Waals surface area contributed by atoms with E-state index in [0.29, 0.717) is 36.3 Å². The highest BCUT2D eigenvalue weighted by Gasteiger charge is 2.11. The van der Waals surface area contributed by atoms with Crippen molar-refractivity contribution in [2.75, 3.05) is 18.5 Å². The van der Waals surface area contributed by atoms with Crippen molar-refractivity contribution in [3.8, 4) is 11.5 Å². The number of fused-ring (bicyclic) bond motifs is 1. The number of aliphatic hydroxyl groups is 1. The molecule has 1 aromatic carbocycles. The Labute approximate surface area is 127 Å². The normalized spacial score (nSPS) is 13.0. The van der Waals surface area contributed by atoms with E-state index in [1.807, 2.05) is 18.2 Å². The summed E-state index contributed by atoms with van der Waals surface area (Å²) in [4.78, 5) is 4.24. The van der Waals surface area contributed by atoms with E-state index < -0.39 is 0 Å². The quantitative estimate of drug-likeness (QED) is 0.909. The molecule has 5 nitrogen and oxygen atoms in total. The number of rotatable bonds is 4. The van der Waals surface area contributed by atoms with Crippen LogP contribution >= 0.6 is 11.6 Å². The first-order valence-electron chi connectivity index (χ1n) is 6.65. The van der Waals surface area contributed by atoms with E-state index in [2.05, 4.69) is 10.3 Å².